The standard InChI is InChI=1S/C21H23N3O3/c1-3-6-16-9-10-19(20(13-16)26-2)27-12-11-24-18-8-5-4-7-17(18)23-21(24)14-22-15-25/h3-5,7-10,13,15H,1,6,11-12,14H2,2H3,(H,22,25). The monoisotopic (exact) mass is 365 g/mol. The Kier molecular flexibility index (Phi) is 6.10. The molecule has 3 aromatic rings. The molecule has 140 valence electrons. The molecular weight excluding hydrogens is 342 g/mol. The van der Waals surface area contributed by atoms with Crippen molar-refractivity contribution < 1.29 is 14.3 Å². The summed E-state index contributed by atoms with van der Waals surface area (Å²) in [7, 11) is 1.63. The normalized spacial score (nSPS) is 10.6. The SMILES string of the molecule is C=CCc1ccc(OCCn2c(CNC=O)nc3ccccc32)c(OC)c1. The molecule has 0 saturated carbocycles. The van der Waals surface area contributed by atoms with E-state index in [0.717, 1.165) is 28.8 Å². The van der Waals surface area contributed by atoms with E-state index in [0.29, 0.717) is 37.6 Å². The minimum absolute atomic E-state index is 0.373. The third kappa shape index (κ3) is 4.28. The summed E-state index contributed by atoms with van der Waals surface area (Å²) in [5.41, 5.74) is 3.03. The topological polar surface area (TPSA) is 65.4 Å². The second-order valence-electron chi connectivity index (χ2n) is 5.99. The number of aromatic nitrogens is 2. The molecule has 6 nitrogen and oxygen atoms in total. The highest BCUT2D eigenvalue weighted by Gasteiger charge is 2.11. The second-order valence-corrected chi connectivity index (χ2v) is 5.99. The van der Waals surface area contributed by atoms with Gasteiger partial charge in [0.1, 0.15) is 12.4 Å². The van der Waals surface area contributed by atoms with Gasteiger partial charge < -0.3 is 19.4 Å². The fraction of sp³-hybridized carbons (Fsp3) is 0.238. The average molecular weight is 365 g/mol. The summed E-state index contributed by atoms with van der Waals surface area (Å²) in [5.74, 6) is 2.19. The second kappa shape index (κ2) is 8.89. The van der Waals surface area contributed by atoms with Crippen molar-refractivity contribution in [3.63, 3.8) is 0 Å². The lowest BCUT2D eigenvalue weighted by atomic mass is 10.1. The van der Waals surface area contributed by atoms with Gasteiger partial charge in [-0.15, -0.1) is 6.58 Å². The first-order valence-electron chi connectivity index (χ1n) is 8.78. The van der Waals surface area contributed by atoms with Crippen LogP contribution in [-0.4, -0.2) is 29.7 Å². The van der Waals surface area contributed by atoms with E-state index in [1.54, 1.807) is 7.11 Å². The third-order valence-corrected chi connectivity index (χ3v) is 4.26. The Balaban J connectivity index is 1.75. The number of nitrogens with zero attached hydrogens (tertiary/aromatic N) is 2. The first-order chi connectivity index (χ1) is 13.3. The number of para-hydroxylation sites is 2. The summed E-state index contributed by atoms with van der Waals surface area (Å²) in [4.78, 5) is 15.2. The van der Waals surface area contributed by atoms with Gasteiger partial charge in [-0.3, -0.25) is 4.79 Å². The maximum Gasteiger partial charge on any atom is 0.207 e. The first kappa shape index (κ1) is 18.5. The largest absolute Gasteiger partial charge is 0.493 e. The summed E-state index contributed by atoms with van der Waals surface area (Å²) in [6.07, 6.45) is 3.31. The number of methoxy groups -OCH3 is 1. The average Bonchev–Trinajstić information content (AvgIpc) is 3.05. The highest BCUT2D eigenvalue weighted by molar-refractivity contribution is 5.76. The van der Waals surface area contributed by atoms with Crippen molar-refractivity contribution in [2.24, 2.45) is 0 Å². The van der Waals surface area contributed by atoms with Crippen LogP contribution in [0.3, 0.4) is 0 Å². The number of amides is 1. The minimum Gasteiger partial charge on any atom is -0.493 e. The van der Waals surface area contributed by atoms with Crippen LogP contribution >= 0.6 is 0 Å². The number of imidazole rings is 1. The van der Waals surface area contributed by atoms with E-state index in [1.165, 1.54) is 0 Å². The number of rotatable bonds is 10. The molecular formula is C21H23N3O3. The molecule has 0 saturated heterocycles. The van der Waals surface area contributed by atoms with E-state index in [4.69, 9.17) is 9.47 Å². The zero-order valence-electron chi connectivity index (χ0n) is 15.4. The zero-order chi connectivity index (χ0) is 19.1. The Bertz CT molecular complexity index is 934. The lowest BCUT2D eigenvalue weighted by Gasteiger charge is -2.13. The van der Waals surface area contributed by atoms with Crippen LogP contribution in [0.5, 0.6) is 11.5 Å². The number of benzene rings is 2. The zero-order valence-corrected chi connectivity index (χ0v) is 15.4. The molecule has 0 atom stereocenters. The number of hydrogen-bond acceptors (Lipinski definition) is 4. The van der Waals surface area contributed by atoms with Crippen molar-refractivity contribution >= 4 is 17.4 Å². The van der Waals surface area contributed by atoms with E-state index >= 15 is 0 Å². The molecule has 1 amide bonds. The van der Waals surface area contributed by atoms with Crippen molar-refractivity contribution in [1.82, 2.24) is 14.9 Å². The van der Waals surface area contributed by atoms with Crippen molar-refractivity contribution in [3.05, 3.63) is 66.5 Å². The summed E-state index contributed by atoms with van der Waals surface area (Å²) in [6, 6.07) is 13.8. The number of nitrogens with one attached hydrogen (secondary N) is 1. The van der Waals surface area contributed by atoms with Crippen LogP contribution in [0, 0.1) is 0 Å². The van der Waals surface area contributed by atoms with Crippen molar-refractivity contribution in [3.8, 4) is 11.5 Å². The van der Waals surface area contributed by atoms with Crippen LogP contribution in [0.4, 0.5) is 0 Å². The van der Waals surface area contributed by atoms with Gasteiger partial charge in [0.2, 0.25) is 6.41 Å². The van der Waals surface area contributed by atoms with Gasteiger partial charge in [0, 0.05) is 0 Å². The minimum atomic E-state index is 0.373. The summed E-state index contributed by atoms with van der Waals surface area (Å²) >= 11 is 0. The van der Waals surface area contributed by atoms with Crippen LogP contribution in [0.1, 0.15) is 11.4 Å². The number of carbonyl (C=O) groups is 1. The van der Waals surface area contributed by atoms with Crippen molar-refractivity contribution in [2.75, 3.05) is 13.7 Å². The third-order valence-electron chi connectivity index (χ3n) is 4.26. The van der Waals surface area contributed by atoms with Crippen LogP contribution in [0.2, 0.25) is 0 Å². The van der Waals surface area contributed by atoms with Gasteiger partial charge in [-0.2, -0.15) is 0 Å². The van der Waals surface area contributed by atoms with Gasteiger partial charge in [0.15, 0.2) is 11.5 Å². The fourth-order valence-corrected chi connectivity index (χ4v) is 3.01. The molecule has 6 heteroatoms. The Morgan fingerprint density at radius 2 is 2.07 bits per heavy atom. The molecule has 0 fully saturated rings. The Labute approximate surface area is 158 Å². The molecule has 1 N–H and O–H groups in total. The number of fused-ring (bicyclic) bond motifs is 1. The molecule has 1 heterocycles. The van der Waals surface area contributed by atoms with Gasteiger partial charge in [0.05, 0.1) is 31.2 Å². The molecule has 0 bridgehead atoms. The molecule has 0 spiro atoms. The van der Waals surface area contributed by atoms with Crippen molar-refractivity contribution in [2.45, 2.75) is 19.5 Å². The van der Waals surface area contributed by atoms with Gasteiger partial charge in [-0.25, -0.2) is 4.98 Å². The number of ether oxygens (including phenoxy) is 2. The maximum absolute atomic E-state index is 10.7. The molecule has 0 aliphatic carbocycles. The molecule has 0 aliphatic rings. The molecule has 3 rings (SSSR count). The highest BCUT2D eigenvalue weighted by atomic mass is 16.5. The smallest absolute Gasteiger partial charge is 0.207 e. The van der Waals surface area contributed by atoms with Crippen molar-refractivity contribution in [1.29, 1.82) is 0 Å². The molecule has 27 heavy (non-hydrogen) atoms. The lowest BCUT2D eigenvalue weighted by molar-refractivity contribution is -0.109. The number of carbonyl (C=O) groups excluding carboxylic acids is 1. The van der Waals surface area contributed by atoms with Crippen LogP contribution < -0.4 is 14.8 Å². The van der Waals surface area contributed by atoms with Gasteiger partial charge in [0.25, 0.3) is 0 Å². The summed E-state index contributed by atoms with van der Waals surface area (Å²) in [6.45, 7) is 5.19. The molecule has 0 aliphatic heterocycles. The fourth-order valence-electron chi connectivity index (χ4n) is 3.01. The predicted molar refractivity (Wildman–Crippen MR) is 105 cm³/mol. The van der Waals surface area contributed by atoms with Gasteiger partial charge in [-0.05, 0) is 36.2 Å². The lowest BCUT2D eigenvalue weighted by Crippen LogP contribution is -2.17. The van der Waals surface area contributed by atoms with Gasteiger partial charge in [-0.1, -0.05) is 24.3 Å². The Morgan fingerprint density at radius 3 is 2.85 bits per heavy atom. The van der Waals surface area contributed by atoms with Crippen LogP contribution in [0.15, 0.2) is 55.1 Å². The molecule has 2 aromatic carbocycles. The Morgan fingerprint density at radius 1 is 1.22 bits per heavy atom. The van der Waals surface area contributed by atoms with E-state index < -0.39 is 0 Å². The molecule has 0 unspecified atom stereocenters. The molecule has 0 radical (unpaired) electrons. The molecule has 1 aromatic heterocycles. The predicted octanol–water partition coefficient (Wildman–Crippen LogP) is 3.10. The highest BCUT2D eigenvalue weighted by Crippen LogP contribution is 2.28. The van der Waals surface area contributed by atoms with E-state index in [-0.39, 0.29) is 0 Å². The summed E-state index contributed by atoms with van der Waals surface area (Å²) in [5, 5.41) is 2.68. The van der Waals surface area contributed by atoms with E-state index in [1.807, 2.05) is 48.5 Å². The quantitative estimate of drug-likeness (QED) is 0.443. The van der Waals surface area contributed by atoms with Gasteiger partial charge >= 0.3 is 0 Å². The van der Waals surface area contributed by atoms with Crippen LogP contribution in [-0.2, 0) is 24.3 Å². The summed E-state index contributed by atoms with van der Waals surface area (Å²) < 4.78 is 13.5. The van der Waals surface area contributed by atoms with E-state index in [2.05, 4.69) is 21.4 Å². The Hall–Kier alpha value is -3.28. The number of allylic oxidation sites excluding steroid dienone is 1. The first-order valence-corrected chi connectivity index (χ1v) is 8.78. The maximum atomic E-state index is 10.7. The van der Waals surface area contributed by atoms with E-state index in [9.17, 15) is 4.79 Å². The van der Waals surface area contributed by atoms with Crippen LogP contribution in [0.25, 0.3) is 11.0 Å². The number of hydrogen-bond donors (Lipinski definition) is 1.